The molecule has 2 saturated heterocycles. The zero-order valence-electron chi connectivity index (χ0n) is 5.00. The smallest absolute Gasteiger partial charge is 0.155 e. The summed E-state index contributed by atoms with van der Waals surface area (Å²) in [6.07, 6.45) is 0. The van der Waals surface area contributed by atoms with Gasteiger partial charge in [-0.3, -0.25) is 0 Å². The molecule has 2 aliphatic rings. The third kappa shape index (κ3) is 0.632. The number of fused-ring (bicyclic) bond motifs is 1. The van der Waals surface area contributed by atoms with E-state index in [-0.39, 0.29) is 5.25 Å². The van der Waals surface area contributed by atoms with Crippen molar-refractivity contribution in [2.45, 2.75) is 5.25 Å². The van der Waals surface area contributed by atoms with Crippen LogP contribution in [0.15, 0.2) is 0 Å². The highest BCUT2D eigenvalue weighted by Gasteiger charge is 2.48. The summed E-state index contributed by atoms with van der Waals surface area (Å²) in [4.78, 5) is 0. The van der Waals surface area contributed by atoms with Gasteiger partial charge in [0, 0.05) is 19.0 Å². The van der Waals surface area contributed by atoms with Crippen molar-refractivity contribution < 1.29 is 8.42 Å². The van der Waals surface area contributed by atoms with Crippen LogP contribution in [0.1, 0.15) is 0 Å². The Balaban J connectivity index is 2.27. The van der Waals surface area contributed by atoms with Crippen LogP contribution in [0.3, 0.4) is 0 Å². The van der Waals surface area contributed by atoms with E-state index in [2.05, 4.69) is 5.32 Å². The fourth-order valence-corrected chi connectivity index (χ4v) is 3.58. The van der Waals surface area contributed by atoms with E-state index >= 15 is 0 Å². The second-order valence-electron chi connectivity index (χ2n) is 2.79. The molecule has 0 amide bonds. The van der Waals surface area contributed by atoms with Crippen molar-refractivity contribution in [2.75, 3.05) is 18.8 Å². The first-order valence-corrected chi connectivity index (χ1v) is 4.84. The zero-order chi connectivity index (χ0) is 6.48. The Morgan fingerprint density at radius 3 is 2.56 bits per heavy atom. The summed E-state index contributed by atoms with van der Waals surface area (Å²) in [6, 6.07) is 0. The first-order chi connectivity index (χ1) is 4.20. The lowest BCUT2D eigenvalue weighted by atomic mass is 10.1. The van der Waals surface area contributed by atoms with E-state index < -0.39 is 9.84 Å². The molecule has 0 unspecified atom stereocenters. The lowest BCUT2D eigenvalue weighted by Crippen LogP contribution is -2.45. The Hall–Kier alpha value is -0.0900. The quantitative estimate of drug-likeness (QED) is 0.478. The minimum absolute atomic E-state index is 0.0301. The van der Waals surface area contributed by atoms with E-state index in [9.17, 15) is 8.42 Å². The highest BCUT2D eigenvalue weighted by Crippen LogP contribution is 2.30. The Morgan fingerprint density at radius 2 is 2.11 bits per heavy atom. The van der Waals surface area contributed by atoms with Gasteiger partial charge < -0.3 is 5.32 Å². The van der Waals surface area contributed by atoms with Crippen LogP contribution in [0.25, 0.3) is 0 Å². The van der Waals surface area contributed by atoms with Crippen LogP contribution < -0.4 is 5.32 Å². The second-order valence-corrected chi connectivity index (χ2v) is 5.05. The van der Waals surface area contributed by atoms with Gasteiger partial charge >= 0.3 is 0 Å². The summed E-state index contributed by atoms with van der Waals surface area (Å²) in [7, 11) is -2.62. The largest absolute Gasteiger partial charge is 0.315 e. The maximum absolute atomic E-state index is 10.9. The minimum Gasteiger partial charge on any atom is -0.315 e. The molecule has 2 heterocycles. The van der Waals surface area contributed by atoms with Crippen molar-refractivity contribution in [1.29, 1.82) is 0 Å². The van der Waals surface area contributed by atoms with Crippen LogP contribution >= 0.6 is 0 Å². The van der Waals surface area contributed by atoms with Crippen LogP contribution in [-0.4, -0.2) is 32.5 Å². The SMILES string of the molecule is O=S1(=O)C[C@@H]2CNC[C@@H]21. The summed E-state index contributed by atoms with van der Waals surface area (Å²) in [5, 5.41) is 3.03. The van der Waals surface area contributed by atoms with Crippen molar-refractivity contribution in [1.82, 2.24) is 5.32 Å². The molecule has 9 heavy (non-hydrogen) atoms. The molecule has 0 spiro atoms. The van der Waals surface area contributed by atoms with Gasteiger partial charge in [-0.2, -0.15) is 0 Å². The molecule has 2 aliphatic heterocycles. The fourth-order valence-electron chi connectivity index (χ4n) is 1.60. The molecule has 0 aliphatic carbocycles. The van der Waals surface area contributed by atoms with Gasteiger partial charge in [0.25, 0.3) is 0 Å². The average Bonchev–Trinajstić information content (AvgIpc) is 2.10. The van der Waals surface area contributed by atoms with Crippen LogP contribution in [0.5, 0.6) is 0 Å². The van der Waals surface area contributed by atoms with Crippen molar-refractivity contribution in [3.8, 4) is 0 Å². The van der Waals surface area contributed by atoms with E-state index in [4.69, 9.17) is 0 Å². The summed E-state index contributed by atoms with van der Waals surface area (Å²) >= 11 is 0. The molecule has 52 valence electrons. The third-order valence-corrected chi connectivity index (χ3v) is 4.55. The molecule has 4 heteroatoms. The Kier molecular flexibility index (Phi) is 0.941. The lowest BCUT2D eigenvalue weighted by Gasteiger charge is -2.28. The van der Waals surface area contributed by atoms with Gasteiger partial charge in [-0.05, 0) is 0 Å². The van der Waals surface area contributed by atoms with E-state index in [0.29, 0.717) is 18.2 Å². The molecule has 0 aromatic carbocycles. The Labute approximate surface area is 54.4 Å². The van der Waals surface area contributed by atoms with Crippen LogP contribution in [0, 0.1) is 5.92 Å². The predicted octanol–water partition coefficient (Wildman–Crippen LogP) is -0.997. The van der Waals surface area contributed by atoms with Crippen LogP contribution in [0.2, 0.25) is 0 Å². The first-order valence-electron chi connectivity index (χ1n) is 3.12. The highest BCUT2D eigenvalue weighted by molar-refractivity contribution is 7.93. The zero-order valence-corrected chi connectivity index (χ0v) is 5.82. The average molecular weight is 147 g/mol. The molecule has 2 atom stereocenters. The molecule has 0 aromatic heterocycles. The lowest BCUT2D eigenvalue weighted by molar-refractivity contribution is 0.507. The number of hydrogen-bond donors (Lipinski definition) is 1. The van der Waals surface area contributed by atoms with Gasteiger partial charge in [-0.25, -0.2) is 8.42 Å². The van der Waals surface area contributed by atoms with Gasteiger partial charge in [0.2, 0.25) is 0 Å². The number of hydrogen-bond acceptors (Lipinski definition) is 3. The number of rotatable bonds is 0. The maximum atomic E-state index is 10.9. The van der Waals surface area contributed by atoms with Crippen LogP contribution in [-0.2, 0) is 9.84 Å². The Bertz CT molecular complexity index is 221. The molecule has 2 fully saturated rings. The van der Waals surface area contributed by atoms with Crippen molar-refractivity contribution in [2.24, 2.45) is 5.92 Å². The number of sulfone groups is 1. The number of nitrogens with one attached hydrogen (secondary N) is 1. The van der Waals surface area contributed by atoms with Gasteiger partial charge in [-0.15, -0.1) is 0 Å². The van der Waals surface area contributed by atoms with E-state index in [0.717, 1.165) is 6.54 Å². The highest BCUT2D eigenvalue weighted by atomic mass is 32.2. The maximum Gasteiger partial charge on any atom is 0.155 e. The van der Waals surface area contributed by atoms with Gasteiger partial charge in [0.05, 0.1) is 11.0 Å². The standard InChI is InChI=1S/C5H9NO2S/c7-9(8)3-4-1-6-2-5(4)9/h4-6H,1-3H2/t4-,5-/m0/s1. The summed E-state index contributed by atoms with van der Waals surface area (Å²) < 4.78 is 21.7. The molecule has 0 aromatic rings. The molecule has 0 bridgehead atoms. The summed E-state index contributed by atoms with van der Waals surface area (Å²) in [5.74, 6) is 0.861. The molecule has 3 nitrogen and oxygen atoms in total. The topological polar surface area (TPSA) is 46.2 Å². The van der Waals surface area contributed by atoms with E-state index in [1.807, 2.05) is 0 Å². The van der Waals surface area contributed by atoms with Gasteiger partial charge in [0.15, 0.2) is 9.84 Å². The Morgan fingerprint density at radius 1 is 1.33 bits per heavy atom. The van der Waals surface area contributed by atoms with Crippen LogP contribution in [0.4, 0.5) is 0 Å². The molecule has 1 N–H and O–H groups in total. The van der Waals surface area contributed by atoms with E-state index in [1.165, 1.54) is 0 Å². The fraction of sp³-hybridized carbons (Fsp3) is 1.00. The molecule has 0 radical (unpaired) electrons. The monoisotopic (exact) mass is 147 g/mol. The molecular weight excluding hydrogens is 138 g/mol. The molecule has 2 rings (SSSR count). The normalized spacial score (nSPS) is 45.8. The van der Waals surface area contributed by atoms with Gasteiger partial charge in [-0.1, -0.05) is 0 Å². The predicted molar refractivity (Wildman–Crippen MR) is 33.9 cm³/mol. The van der Waals surface area contributed by atoms with E-state index in [1.54, 1.807) is 0 Å². The summed E-state index contributed by atoms with van der Waals surface area (Å²) in [6.45, 7) is 1.59. The molecule has 0 saturated carbocycles. The minimum atomic E-state index is -2.62. The first kappa shape index (κ1) is 5.68. The van der Waals surface area contributed by atoms with Crippen molar-refractivity contribution in [3.05, 3.63) is 0 Å². The van der Waals surface area contributed by atoms with Crippen molar-refractivity contribution in [3.63, 3.8) is 0 Å². The summed E-state index contributed by atoms with van der Waals surface area (Å²) in [5.41, 5.74) is 0. The second kappa shape index (κ2) is 1.49. The van der Waals surface area contributed by atoms with Crippen molar-refractivity contribution >= 4 is 9.84 Å². The third-order valence-electron chi connectivity index (χ3n) is 2.19. The van der Waals surface area contributed by atoms with Gasteiger partial charge in [0.1, 0.15) is 0 Å². The molecular formula is C5H9NO2S.